The zero-order valence-electron chi connectivity index (χ0n) is 40.5. The minimum Gasteiger partial charge on any atom is -0.392 e. The molecule has 1 fully saturated rings. The van der Waals surface area contributed by atoms with Crippen molar-refractivity contribution >= 4 is 11.8 Å². The predicted molar refractivity (Wildman–Crippen MR) is 256 cm³/mol. The van der Waals surface area contributed by atoms with Gasteiger partial charge in [-0.1, -0.05) is 175 Å². The van der Waals surface area contributed by atoms with E-state index in [9.17, 15) is 30.0 Å². The lowest BCUT2D eigenvalue weighted by Crippen LogP contribution is -2.61. The zero-order chi connectivity index (χ0) is 44.8. The highest BCUT2D eigenvalue weighted by Gasteiger charge is 2.33. The topological polar surface area (TPSA) is 146 Å². The van der Waals surface area contributed by atoms with Gasteiger partial charge in [-0.05, 0) is 77.8 Å². The SMILES string of the molecule is CCCCCCCCCC[C@@H](O)CN(CCCCC1NC(=O)C(CCCCN(C[C@H](O)CCCCCCCCCC)C[C@@H](C)O)NC1=O)C[C@@H](O)CCCCCCCCCC. The highest BCUT2D eigenvalue weighted by atomic mass is 16.3. The number of aliphatic hydroxyl groups is 4. The minimum atomic E-state index is -0.540. The number of rotatable bonds is 45. The second kappa shape index (κ2) is 40.2. The van der Waals surface area contributed by atoms with E-state index in [1.54, 1.807) is 6.92 Å². The number of carbonyl (C=O) groups is 2. The van der Waals surface area contributed by atoms with Crippen molar-refractivity contribution in [3.05, 3.63) is 0 Å². The van der Waals surface area contributed by atoms with Crippen molar-refractivity contribution in [2.75, 3.05) is 39.3 Å². The Bertz CT molecular complexity index is 976. The van der Waals surface area contributed by atoms with Crippen LogP contribution in [0.15, 0.2) is 0 Å². The molecule has 10 heteroatoms. The number of unbranched alkanes of at least 4 members (excludes halogenated alkanes) is 23. The Morgan fingerprint density at radius 2 is 0.689 bits per heavy atom. The Balaban J connectivity index is 2.47. The Labute approximate surface area is 376 Å². The summed E-state index contributed by atoms with van der Waals surface area (Å²) in [5, 5.41) is 48.7. The molecule has 6 atom stereocenters. The minimum absolute atomic E-state index is 0.122. The van der Waals surface area contributed by atoms with Crippen molar-refractivity contribution in [1.82, 2.24) is 20.4 Å². The Kier molecular flexibility index (Phi) is 38.1. The Morgan fingerprint density at radius 1 is 0.410 bits per heavy atom. The molecule has 0 aromatic rings. The van der Waals surface area contributed by atoms with Crippen LogP contribution in [0.2, 0.25) is 0 Å². The van der Waals surface area contributed by atoms with Gasteiger partial charge in [0.15, 0.2) is 0 Å². The van der Waals surface area contributed by atoms with Gasteiger partial charge in [0.25, 0.3) is 0 Å². The molecule has 0 aliphatic carbocycles. The molecule has 0 aromatic carbocycles. The van der Waals surface area contributed by atoms with Crippen LogP contribution in [-0.2, 0) is 9.59 Å². The largest absolute Gasteiger partial charge is 0.392 e. The first-order chi connectivity index (χ1) is 29.6. The number of hydrogen-bond acceptors (Lipinski definition) is 8. The molecule has 0 spiro atoms. The molecule has 0 aromatic heterocycles. The predicted octanol–water partition coefficient (Wildman–Crippen LogP) is 9.97. The monoisotopic (exact) mass is 867 g/mol. The van der Waals surface area contributed by atoms with Crippen molar-refractivity contribution in [1.29, 1.82) is 0 Å². The standard InChI is InChI=1S/C51H102N4O6/c1-5-8-11-14-17-20-23-26-33-45(57)41-54(40-44(4)56)38-31-29-36-48-50(60)53-49(51(61)52-48)37-30-32-39-55(42-46(58)34-27-24-21-18-15-12-9-6-2)43-47(59)35-28-25-22-19-16-13-10-7-3/h44-49,56-59H,5-43H2,1-4H3,(H,52,61)(H,53,60)/t44-,45-,46-,47+,48?,49?/m1/s1. The highest BCUT2D eigenvalue weighted by Crippen LogP contribution is 2.17. The third-order valence-electron chi connectivity index (χ3n) is 12.8. The third-order valence-corrected chi connectivity index (χ3v) is 12.8. The van der Waals surface area contributed by atoms with E-state index in [4.69, 9.17) is 0 Å². The van der Waals surface area contributed by atoms with E-state index in [-0.39, 0.29) is 11.8 Å². The van der Waals surface area contributed by atoms with Crippen LogP contribution in [0.5, 0.6) is 0 Å². The number of carbonyl (C=O) groups excluding carboxylic acids is 2. The van der Waals surface area contributed by atoms with Gasteiger partial charge in [-0.2, -0.15) is 0 Å². The van der Waals surface area contributed by atoms with Gasteiger partial charge < -0.3 is 31.1 Å². The van der Waals surface area contributed by atoms with E-state index in [0.29, 0.717) is 39.0 Å². The third kappa shape index (κ3) is 33.8. The number of amides is 2. The van der Waals surface area contributed by atoms with Gasteiger partial charge in [-0.25, -0.2) is 0 Å². The van der Waals surface area contributed by atoms with Gasteiger partial charge in [-0.3, -0.25) is 19.4 Å². The molecule has 0 radical (unpaired) electrons. The summed E-state index contributed by atoms with van der Waals surface area (Å²) in [6.45, 7) is 12.2. The van der Waals surface area contributed by atoms with Gasteiger partial charge in [-0.15, -0.1) is 0 Å². The van der Waals surface area contributed by atoms with Crippen LogP contribution in [0.25, 0.3) is 0 Å². The summed E-state index contributed by atoms with van der Waals surface area (Å²) < 4.78 is 0. The molecule has 2 unspecified atom stereocenters. The molecule has 6 N–H and O–H groups in total. The molecule has 1 aliphatic heterocycles. The quantitative estimate of drug-likeness (QED) is 0.0332. The molecule has 1 aliphatic rings. The molecule has 1 heterocycles. The number of nitrogens with one attached hydrogen (secondary N) is 2. The van der Waals surface area contributed by atoms with Gasteiger partial charge in [0.2, 0.25) is 11.8 Å². The normalized spacial score (nSPS) is 17.8. The summed E-state index contributed by atoms with van der Waals surface area (Å²) in [7, 11) is 0. The fraction of sp³-hybridized carbons (Fsp3) is 0.961. The molecule has 10 nitrogen and oxygen atoms in total. The van der Waals surface area contributed by atoms with E-state index < -0.39 is 36.5 Å². The van der Waals surface area contributed by atoms with Crippen LogP contribution in [-0.4, -0.2) is 118 Å². The van der Waals surface area contributed by atoms with Gasteiger partial charge in [0, 0.05) is 26.2 Å². The molecule has 1 saturated heterocycles. The fourth-order valence-corrected chi connectivity index (χ4v) is 9.05. The van der Waals surface area contributed by atoms with Crippen LogP contribution in [0, 0.1) is 0 Å². The zero-order valence-corrected chi connectivity index (χ0v) is 40.5. The van der Waals surface area contributed by atoms with E-state index in [1.807, 2.05) is 0 Å². The lowest BCUT2D eigenvalue weighted by molar-refractivity contribution is -0.137. The fourth-order valence-electron chi connectivity index (χ4n) is 9.05. The van der Waals surface area contributed by atoms with Crippen LogP contribution in [0.1, 0.15) is 240 Å². The number of nitrogens with zero attached hydrogens (tertiary/aromatic N) is 2. The maximum atomic E-state index is 13.1. The summed E-state index contributed by atoms with van der Waals surface area (Å²) in [5.74, 6) is -0.246. The van der Waals surface area contributed by atoms with Crippen molar-refractivity contribution in [3.8, 4) is 0 Å². The Morgan fingerprint density at radius 3 is 0.984 bits per heavy atom. The van der Waals surface area contributed by atoms with Crippen molar-refractivity contribution in [3.63, 3.8) is 0 Å². The van der Waals surface area contributed by atoms with Crippen LogP contribution < -0.4 is 10.6 Å². The van der Waals surface area contributed by atoms with Gasteiger partial charge in [0.1, 0.15) is 12.1 Å². The van der Waals surface area contributed by atoms with Crippen LogP contribution in [0.4, 0.5) is 0 Å². The van der Waals surface area contributed by atoms with E-state index in [2.05, 4.69) is 41.2 Å². The summed E-state index contributed by atoms with van der Waals surface area (Å²) >= 11 is 0. The molecule has 0 bridgehead atoms. The molecule has 1 rings (SSSR count). The molecule has 0 saturated carbocycles. The second-order valence-corrected chi connectivity index (χ2v) is 19.2. The van der Waals surface area contributed by atoms with Gasteiger partial charge in [0.05, 0.1) is 24.4 Å². The van der Waals surface area contributed by atoms with Crippen molar-refractivity contribution in [2.45, 2.75) is 276 Å². The second-order valence-electron chi connectivity index (χ2n) is 19.2. The molecule has 61 heavy (non-hydrogen) atoms. The summed E-state index contributed by atoms with van der Waals surface area (Å²) in [4.78, 5) is 30.5. The van der Waals surface area contributed by atoms with E-state index >= 15 is 0 Å². The summed E-state index contributed by atoms with van der Waals surface area (Å²) in [5.41, 5.74) is 0. The van der Waals surface area contributed by atoms with E-state index in [1.165, 1.54) is 116 Å². The smallest absolute Gasteiger partial charge is 0.243 e. The van der Waals surface area contributed by atoms with Crippen LogP contribution >= 0.6 is 0 Å². The maximum absolute atomic E-state index is 13.1. The summed E-state index contributed by atoms with van der Waals surface area (Å²) in [6, 6.07) is -1.08. The lowest BCUT2D eigenvalue weighted by atomic mass is 10.0. The molecular formula is C51H102N4O6. The summed E-state index contributed by atoms with van der Waals surface area (Å²) in [6.07, 6.45) is 34.7. The van der Waals surface area contributed by atoms with Crippen molar-refractivity contribution < 1.29 is 30.0 Å². The number of hydrogen-bond donors (Lipinski definition) is 6. The number of aliphatic hydroxyl groups excluding tert-OH is 4. The first-order valence-corrected chi connectivity index (χ1v) is 26.4. The molecular weight excluding hydrogens is 765 g/mol. The Hall–Kier alpha value is -1.30. The van der Waals surface area contributed by atoms with Crippen LogP contribution in [0.3, 0.4) is 0 Å². The van der Waals surface area contributed by atoms with Crippen molar-refractivity contribution in [2.24, 2.45) is 0 Å². The molecule has 362 valence electrons. The maximum Gasteiger partial charge on any atom is 0.243 e. The highest BCUT2D eigenvalue weighted by molar-refractivity contribution is 5.96. The lowest BCUT2D eigenvalue weighted by Gasteiger charge is -2.31. The first-order valence-electron chi connectivity index (χ1n) is 26.4. The van der Waals surface area contributed by atoms with Gasteiger partial charge >= 0.3 is 0 Å². The van der Waals surface area contributed by atoms with E-state index in [0.717, 1.165) is 96.6 Å². The number of piperazine rings is 1. The average molecular weight is 867 g/mol. The molecule has 2 amide bonds. The average Bonchev–Trinajstić information content (AvgIpc) is 3.22. The first kappa shape index (κ1) is 57.7.